The second kappa shape index (κ2) is 5.05. The molecule has 2 atom stereocenters. The zero-order valence-electron chi connectivity index (χ0n) is 11.8. The summed E-state index contributed by atoms with van der Waals surface area (Å²) in [4.78, 5) is 2.55. The van der Waals surface area contributed by atoms with E-state index in [1.165, 1.54) is 32.1 Å². The molecule has 0 heterocycles. The molecule has 1 aliphatic rings. The molecule has 2 N–H and O–H groups in total. The first-order valence-electron chi connectivity index (χ1n) is 6.80. The molecule has 0 radical (unpaired) electrons. The minimum absolute atomic E-state index is 0.247. The molecule has 0 aliphatic heterocycles. The maximum absolute atomic E-state index is 6.11. The van der Waals surface area contributed by atoms with Crippen LogP contribution in [0.3, 0.4) is 0 Å². The standard InChI is InChI=1S/C14H30N2/c1-6-12(2)16(5)14(11-15)9-7-8-13(3,4)10-14/h12H,6-11,15H2,1-5H3. The molecule has 96 valence electrons. The highest BCUT2D eigenvalue weighted by molar-refractivity contribution is 4.99. The Labute approximate surface area is 102 Å². The second-order valence-corrected chi connectivity index (χ2v) is 6.49. The third-order valence-corrected chi connectivity index (χ3v) is 4.68. The zero-order chi connectivity index (χ0) is 12.4. The van der Waals surface area contributed by atoms with Gasteiger partial charge in [0.1, 0.15) is 0 Å². The average Bonchev–Trinajstić information content (AvgIpc) is 2.25. The molecule has 0 aromatic carbocycles. The van der Waals surface area contributed by atoms with Crippen LogP contribution < -0.4 is 5.73 Å². The Kier molecular flexibility index (Phi) is 4.42. The zero-order valence-corrected chi connectivity index (χ0v) is 11.8. The molecule has 2 nitrogen and oxygen atoms in total. The van der Waals surface area contributed by atoms with Gasteiger partial charge in [0.05, 0.1) is 0 Å². The van der Waals surface area contributed by atoms with Gasteiger partial charge in [0.25, 0.3) is 0 Å². The monoisotopic (exact) mass is 226 g/mol. The number of hydrogen-bond donors (Lipinski definition) is 1. The summed E-state index contributed by atoms with van der Waals surface area (Å²) in [6.07, 6.45) is 6.40. The van der Waals surface area contributed by atoms with Crippen LogP contribution in [0.15, 0.2) is 0 Å². The van der Waals surface area contributed by atoms with E-state index < -0.39 is 0 Å². The van der Waals surface area contributed by atoms with E-state index in [4.69, 9.17) is 5.73 Å². The Hall–Kier alpha value is -0.0800. The molecule has 0 bridgehead atoms. The fraction of sp³-hybridized carbons (Fsp3) is 1.00. The van der Waals surface area contributed by atoms with Crippen LogP contribution in [0, 0.1) is 5.41 Å². The molecule has 2 unspecified atom stereocenters. The molecular formula is C14H30N2. The molecule has 16 heavy (non-hydrogen) atoms. The Morgan fingerprint density at radius 2 is 1.94 bits per heavy atom. The van der Waals surface area contributed by atoms with E-state index in [0.29, 0.717) is 11.5 Å². The quantitative estimate of drug-likeness (QED) is 0.798. The Morgan fingerprint density at radius 1 is 1.31 bits per heavy atom. The fourth-order valence-corrected chi connectivity index (χ4v) is 3.32. The van der Waals surface area contributed by atoms with Crippen LogP contribution >= 0.6 is 0 Å². The Bertz CT molecular complexity index is 225. The third-order valence-electron chi connectivity index (χ3n) is 4.68. The Balaban J connectivity index is 2.84. The maximum Gasteiger partial charge on any atom is 0.0336 e. The molecule has 0 aromatic rings. The molecule has 1 fully saturated rings. The van der Waals surface area contributed by atoms with Crippen LogP contribution in [0.25, 0.3) is 0 Å². The van der Waals surface area contributed by atoms with Gasteiger partial charge < -0.3 is 5.73 Å². The van der Waals surface area contributed by atoms with E-state index in [-0.39, 0.29) is 5.54 Å². The van der Waals surface area contributed by atoms with Crippen LogP contribution in [0.5, 0.6) is 0 Å². The van der Waals surface area contributed by atoms with Gasteiger partial charge in [-0.05, 0) is 45.1 Å². The smallest absolute Gasteiger partial charge is 0.0336 e. The van der Waals surface area contributed by atoms with Gasteiger partial charge in [-0.1, -0.05) is 27.2 Å². The number of nitrogens with zero attached hydrogens (tertiary/aromatic N) is 1. The minimum Gasteiger partial charge on any atom is -0.329 e. The predicted octanol–water partition coefficient (Wildman–Crippen LogP) is 3.01. The van der Waals surface area contributed by atoms with Gasteiger partial charge in [0.15, 0.2) is 0 Å². The van der Waals surface area contributed by atoms with Crippen LogP contribution in [-0.2, 0) is 0 Å². The summed E-state index contributed by atoms with van der Waals surface area (Å²) in [5.74, 6) is 0. The summed E-state index contributed by atoms with van der Waals surface area (Å²) in [5.41, 5.74) is 6.82. The summed E-state index contributed by atoms with van der Waals surface area (Å²) in [6, 6.07) is 0.637. The van der Waals surface area contributed by atoms with Crippen LogP contribution in [0.1, 0.15) is 59.8 Å². The van der Waals surface area contributed by atoms with Crippen molar-refractivity contribution in [3.63, 3.8) is 0 Å². The maximum atomic E-state index is 6.11. The highest BCUT2D eigenvalue weighted by atomic mass is 15.2. The van der Waals surface area contributed by atoms with Gasteiger partial charge in [-0.15, -0.1) is 0 Å². The van der Waals surface area contributed by atoms with Crippen molar-refractivity contribution in [3.05, 3.63) is 0 Å². The summed E-state index contributed by atoms with van der Waals surface area (Å²) in [7, 11) is 2.27. The number of likely N-dealkylation sites (N-methyl/N-ethyl adjacent to an activating group) is 1. The van der Waals surface area contributed by atoms with Crippen molar-refractivity contribution >= 4 is 0 Å². The second-order valence-electron chi connectivity index (χ2n) is 6.49. The van der Waals surface area contributed by atoms with E-state index in [1.54, 1.807) is 0 Å². The summed E-state index contributed by atoms with van der Waals surface area (Å²) < 4.78 is 0. The molecular weight excluding hydrogens is 196 g/mol. The highest BCUT2D eigenvalue weighted by Crippen LogP contribution is 2.43. The molecule has 0 amide bonds. The lowest BCUT2D eigenvalue weighted by molar-refractivity contribution is 0.00375. The van der Waals surface area contributed by atoms with E-state index >= 15 is 0 Å². The van der Waals surface area contributed by atoms with E-state index in [9.17, 15) is 0 Å². The predicted molar refractivity (Wildman–Crippen MR) is 71.6 cm³/mol. The van der Waals surface area contributed by atoms with Crippen LogP contribution in [-0.4, -0.2) is 30.1 Å². The lowest BCUT2D eigenvalue weighted by Crippen LogP contribution is -2.58. The van der Waals surface area contributed by atoms with Crippen molar-refractivity contribution in [1.29, 1.82) is 0 Å². The van der Waals surface area contributed by atoms with Crippen LogP contribution in [0.2, 0.25) is 0 Å². The molecule has 2 heteroatoms. The highest BCUT2D eigenvalue weighted by Gasteiger charge is 2.42. The van der Waals surface area contributed by atoms with Crippen molar-refractivity contribution < 1.29 is 0 Å². The molecule has 1 saturated carbocycles. The van der Waals surface area contributed by atoms with E-state index in [0.717, 1.165) is 6.54 Å². The summed E-state index contributed by atoms with van der Waals surface area (Å²) >= 11 is 0. The van der Waals surface area contributed by atoms with Crippen molar-refractivity contribution in [1.82, 2.24) is 4.90 Å². The van der Waals surface area contributed by atoms with E-state index in [2.05, 4.69) is 39.6 Å². The van der Waals surface area contributed by atoms with Crippen molar-refractivity contribution in [2.45, 2.75) is 71.4 Å². The molecule has 0 spiro atoms. The first kappa shape index (κ1) is 14.0. The number of nitrogens with two attached hydrogens (primary N) is 1. The topological polar surface area (TPSA) is 29.3 Å². The minimum atomic E-state index is 0.247. The number of hydrogen-bond acceptors (Lipinski definition) is 2. The van der Waals surface area contributed by atoms with Gasteiger partial charge in [-0.2, -0.15) is 0 Å². The van der Waals surface area contributed by atoms with Crippen LogP contribution in [0.4, 0.5) is 0 Å². The molecule has 1 rings (SSSR count). The lowest BCUT2D eigenvalue weighted by Gasteiger charge is -2.51. The summed E-state index contributed by atoms with van der Waals surface area (Å²) in [5, 5.41) is 0. The van der Waals surface area contributed by atoms with Gasteiger partial charge in [0, 0.05) is 18.1 Å². The van der Waals surface area contributed by atoms with Gasteiger partial charge in [-0.25, -0.2) is 0 Å². The van der Waals surface area contributed by atoms with Gasteiger partial charge >= 0.3 is 0 Å². The van der Waals surface area contributed by atoms with Crippen molar-refractivity contribution in [2.24, 2.45) is 11.1 Å². The third kappa shape index (κ3) is 2.78. The largest absolute Gasteiger partial charge is 0.329 e. The fourth-order valence-electron chi connectivity index (χ4n) is 3.32. The molecule has 1 aliphatic carbocycles. The van der Waals surface area contributed by atoms with Crippen molar-refractivity contribution in [3.8, 4) is 0 Å². The van der Waals surface area contributed by atoms with Crippen molar-refractivity contribution in [2.75, 3.05) is 13.6 Å². The Morgan fingerprint density at radius 3 is 2.38 bits per heavy atom. The van der Waals surface area contributed by atoms with Gasteiger partial charge in [-0.3, -0.25) is 4.90 Å². The summed E-state index contributed by atoms with van der Waals surface area (Å²) in [6.45, 7) is 10.2. The average molecular weight is 226 g/mol. The SMILES string of the molecule is CCC(C)N(C)C1(CN)CCCC(C)(C)C1. The van der Waals surface area contributed by atoms with E-state index in [1.807, 2.05) is 0 Å². The lowest BCUT2D eigenvalue weighted by atomic mass is 9.67. The first-order valence-corrected chi connectivity index (χ1v) is 6.80. The normalized spacial score (nSPS) is 31.7. The molecule has 0 saturated heterocycles. The number of rotatable bonds is 4. The van der Waals surface area contributed by atoms with Gasteiger partial charge in [0.2, 0.25) is 0 Å². The first-order chi connectivity index (χ1) is 7.37. The molecule has 0 aromatic heterocycles.